The summed E-state index contributed by atoms with van der Waals surface area (Å²) in [6.07, 6.45) is -1.34. The van der Waals surface area contributed by atoms with Crippen molar-refractivity contribution in [3.63, 3.8) is 0 Å². The van der Waals surface area contributed by atoms with Crippen molar-refractivity contribution < 1.29 is 18.0 Å². The van der Waals surface area contributed by atoms with Gasteiger partial charge in [0.15, 0.2) is 0 Å². The van der Waals surface area contributed by atoms with Gasteiger partial charge in [-0.1, -0.05) is 30.3 Å². The van der Waals surface area contributed by atoms with E-state index < -0.39 is 6.30 Å². The van der Waals surface area contributed by atoms with E-state index >= 15 is 0 Å². The Morgan fingerprint density at radius 1 is 1.11 bits per heavy atom. The van der Waals surface area contributed by atoms with Crippen LogP contribution in [0.4, 0.5) is 19.0 Å². The maximum atomic E-state index is 11.6. The SMILES string of the molecule is FC(F)(F)Nc1ccncn1.O=Cc1ccccc1. The van der Waals surface area contributed by atoms with Crippen LogP contribution in [0.25, 0.3) is 0 Å². The minimum atomic E-state index is -4.44. The molecule has 2 rings (SSSR count). The number of alkyl halides is 3. The Kier molecular flexibility index (Phi) is 5.46. The minimum absolute atomic E-state index is 0.257. The average molecular weight is 269 g/mol. The number of rotatable bonds is 2. The van der Waals surface area contributed by atoms with Gasteiger partial charge in [0.05, 0.1) is 0 Å². The van der Waals surface area contributed by atoms with E-state index in [9.17, 15) is 18.0 Å². The van der Waals surface area contributed by atoms with Crippen molar-refractivity contribution in [3.05, 3.63) is 54.5 Å². The number of nitrogens with zero attached hydrogens (tertiary/aromatic N) is 2. The van der Waals surface area contributed by atoms with Crippen molar-refractivity contribution >= 4 is 12.1 Å². The second kappa shape index (κ2) is 7.10. The van der Waals surface area contributed by atoms with Crippen LogP contribution in [0.5, 0.6) is 0 Å². The van der Waals surface area contributed by atoms with E-state index in [0.29, 0.717) is 0 Å². The molecule has 0 saturated heterocycles. The fourth-order valence-electron chi connectivity index (χ4n) is 1.04. The number of halogens is 3. The first-order chi connectivity index (χ1) is 9.01. The van der Waals surface area contributed by atoms with Gasteiger partial charge in [0.2, 0.25) is 0 Å². The topological polar surface area (TPSA) is 54.9 Å². The number of aldehydes is 1. The molecule has 19 heavy (non-hydrogen) atoms. The molecule has 0 saturated carbocycles. The second-order valence-electron chi connectivity index (χ2n) is 3.25. The molecule has 0 radical (unpaired) electrons. The molecular formula is C12H10F3N3O. The van der Waals surface area contributed by atoms with Gasteiger partial charge >= 0.3 is 6.30 Å². The number of carbonyl (C=O) groups excluding carboxylic acids is 1. The van der Waals surface area contributed by atoms with E-state index in [-0.39, 0.29) is 5.82 Å². The summed E-state index contributed by atoms with van der Waals surface area (Å²) in [4.78, 5) is 16.8. The van der Waals surface area contributed by atoms with Crippen molar-refractivity contribution in [2.45, 2.75) is 6.30 Å². The van der Waals surface area contributed by atoms with Crippen LogP contribution in [0.1, 0.15) is 10.4 Å². The van der Waals surface area contributed by atoms with Crippen LogP contribution >= 0.6 is 0 Å². The lowest BCUT2D eigenvalue weighted by molar-refractivity contribution is -0.100. The van der Waals surface area contributed by atoms with Gasteiger partial charge in [-0.25, -0.2) is 9.97 Å². The first-order valence-corrected chi connectivity index (χ1v) is 5.12. The maximum Gasteiger partial charge on any atom is 0.483 e. The molecule has 0 unspecified atom stereocenters. The first kappa shape index (κ1) is 14.6. The van der Waals surface area contributed by atoms with Gasteiger partial charge in [-0.2, -0.15) is 13.2 Å². The molecule has 0 fully saturated rings. The normalized spacial score (nSPS) is 10.1. The molecule has 0 amide bonds. The van der Waals surface area contributed by atoms with Crippen molar-refractivity contribution in [2.75, 3.05) is 5.32 Å². The first-order valence-electron chi connectivity index (χ1n) is 5.12. The molecule has 1 aromatic heterocycles. The molecule has 0 aliphatic heterocycles. The zero-order valence-electron chi connectivity index (χ0n) is 9.63. The monoisotopic (exact) mass is 269 g/mol. The summed E-state index contributed by atoms with van der Waals surface area (Å²) in [6, 6.07) is 10.2. The fourth-order valence-corrected chi connectivity index (χ4v) is 1.04. The predicted octanol–water partition coefficient (Wildman–Crippen LogP) is 2.91. The average Bonchev–Trinajstić information content (AvgIpc) is 2.40. The standard InChI is InChI=1S/C7H6O.C5H4F3N3/c8-6-7-4-2-1-3-5-7;6-5(7,8)11-4-1-2-9-3-10-4/h1-6H;1-3H,(H,9,10,11). The van der Waals surface area contributed by atoms with E-state index in [2.05, 4.69) is 9.97 Å². The van der Waals surface area contributed by atoms with E-state index in [1.165, 1.54) is 11.5 Å². The molecule has 0 spiro atoms. The van der Waals surface area contributed by atoms with Crippen LogP contribution in [-0.4, -0.2) is 22.6 Å². The number of hydrogen-bond donors (Lipinski definition) is 1. The van der Waals surface area contributed by atoms with Gasteiger partial charge in [0.25, 0.3) is 0 Å². The number of carbonyl (C=O) groups is 1. The van der Waals surface area contributed by atoms with Gasteiger partial charge in [0, 0.05) is 11.8 Å². The van der Waals surface area contributed by atoms with Crippen LogP contribution in [-0.2, 0) is 0 Å². The summed E-state index contributed by atoms with van der Waals surface area (Å²) < 4.78 is 34.7. The smallest absolute Gasteiger partial charge is 0.298 e. The number of nitrogens with one attached hydrogen (secondary N) is 1. The molecule has 2 aromatic rings. The van der Waals surface area contributed by atoms with Crippen LogP contribution in [0.2, 0.25) is 0 Å². The molecule has 7 heteroatoms. The quantitative estimate of drug-likeness (QED) is 0.672. The Balaban J connectivity index is 0.000000200. The summed E-state index contributed by atoms with van der Waals surface area (Å²) in [6.45, 7) is 0. The molecule has 4 nitrogen and oxygen atoms in total. The Bertz CT molecular complexity index is 489. The van der Waals surface area contributed by atoms with E-state index in [4.69, 9.17) is 0 Å². The highest BCUT2D eigenvalue weighted by Gasteiger charge is 2.27. The van der Waals surface area contributed by atoms with Crippen LogP contribution in [0.15, 0.2) is 48.9 Å². The lowest BCUT2D eigenvalue weighted by Crippen LogP contribution is -2.21. The third-order valence-electron chi connectivity index (χ3n) is 1.79. The van der Waals surface area contributed by atoms with Crippen LogP contribution in [0.3, 0.4) is 0 Å². The highest BCUT2D eigenvalue weighted by Crippen LogP contribution is 2.16. The van der Waals surface area contributed by atoms with Gasteiger partial charge in [-0.3, -0.25) is 10.1 Å². The number of benzene rings is 1. The van der Waals surface area contributed by atoms with Gasteiger partial charge < -0.3 is 0 Å². The lowest BCUT2D eigenvalue weighted by atomic mass is 10.2. The largest absolute Gasteiger partial charge is 0.483 e. The molecule has 0 bridgehead atoms. The van der Waals surface area contributed by atoms with E-state index in [0.717, 1.165) is 24.2 Å². The minimum Gasteiger partial charge on any atom is -0.298 e. The summed E-state index contributed by atoms with van der Waals surface area (Å²) in [5.41, 5.74) is 0.729. The molecule has 1 heterocycles. The Morgan fingerprint density at radius 3 is 2.21 bits per heavy atom. The zero-order chi connectivity index (χ0) is 14.1. The van der Waals surface area contributed by atoms with Crippen molar-refractivity contribution in [2.24, 2.45) is 0 Å². The summed E-state index contributed by atoms with van der Waals surface area (Å²) in [7, 11) is 0. The lowest BCUT2D eigenvalue weighted by Gasteiger charge is -2.07. The van der Waals surface area contributed by atoms with Crippen LogP contribution < -0.4 is 5.32 Å². The fraction of sp³-hybridized carbons (Fsp3) is 0.0833. The molecule has 1 aromatic carbocycles. The third kappa shape index (κ3) is 6.77. The van der Waals surface area contributed by atoms with Gasteiger partial charge in [0.1, 0.15) is 18.4 Å². The zero-order valence-corrected chi connectivity index (χ0v) is 9.63. The van der Waals surface area contributed by atoms with Crippen molar-refractivity contribution in [1.82, 2.24) is 9.97 Å². The highest BCUT2D eigenvalue weighted by molar-refractivity contribution is 5.74. The van der Waals surface area contributed by atoms with Gasteiger partial charge in [-0.15, -0.1) is 0 Å². The maximum absolute atomic E-state index is 11.6. The second-order valence-corrected chi connectivity index (χ2v) is 3.25. The molecule has 0 atom stereocenters. The summed E-state index contributed by atoms with van der Waals surface area (Å²) in [5, 5.41) is 1.23. The number of anilines is 1. The molecule has 0 aliphatic rings. The number of hydrogen-bond acceptors (Lipinski definition) is 4. The summed E-state index contributed by atoms with van der Waals surface area (Å²) in [5.74, 6) is -0.257. The van der Waals surface area contributed by atoms with E-state index in [1.807, 2.05) is 18.2 Å². The van der Waals surface area contributed by atoms with Crippen LogP contribution in [0, 0.1) is 0 Å². The number of aromatic nitrogens is 2. The third-order valence-corrected chi connectivity index (χ3v) is 1.79. The molecule has 0 aliphatic carbocycles. The highest BCUT2D eigenvalue weighted by atomic mass is 19.4. The Hall–Kier alpha value is -2.44. The predicted molar refractivity (Wildman–Crippen MR) is 63.5 cm³/mol. The van der Waals surface area contributed by atoms with Gasteiger partial charge in [-0.05, 0) is 6.07 Å². The van der Waals surface area contributed by atoms with E-state index in [1.54, 1.807) is 12.1 Å². The molecular weight excluding hydrogens is 259 g/mol. The van der Waals surface area contributed by atoms with Crippen molar-refractivity contribution in [3.8, 4) is 0 Å². The Morgan fingerprint density at radius 2 is 1.79 bits per heavy atom. The summed E-state index contributed by atoms with van der Waals surface area (Å²) >= 11 is 0. The Labute approximate surface area is 107 Å². The molecule has 1 N–H and O–H groups in total. The molecule has 100 valence electrons. The van der Waals surface area contributed by atoms with Crippen molar-refractivity contribution in [1.29, 1.82) is 0 Å².